The van der Waals surface area contributed by atoms with Crippen molar-refractivity contribution in [1.82, 2.24) is 0 Å². The Hall–Kier alpha value is -0.110. The minimum Gasteiger partial charge on any atom is -0.328 e. The molecule has 0 spiro atoms. The molecule has 0 aromatic rings. The maximum absolute atomic E-state index is 5.44. The van der Waals surface area contributed by atoms with Crippen molar-refractivity contribution in [2.75, 3.05) is 0 Å². The van der Waals surface area contributed by atoms with Gasteiger partial charge in [-0.25, -0.2) is 0 Å². The fourth-order valence-electron chi connectivity index (χ4n) is 0. The molecule has 0 radical (unpaired) electrons. The van der Waals surface area contributed by atoms with E-state index in [-0.39, 0.29) is 4.70 Å². The molecule has 7 heavy (non-hydrogen) atoms. The van der Waals surface area contributed by atoms with E-state index in [0.29, 0.717) is 12.0 Å². The highest BCUT2D eigenvalue weighted by atomic mass is 19.0. The third-order valence-electron chi connectivity index (χ3n) is 1.05. The minimum atomic E-state index is 0. The Bertz CT molecular complexity index is 29.1. The van der Waals surface area contributed by atoms with E-state index in [4.69, 9.17) is 5.73 Å². The topological polar surface area (TPSA) is 26.0 Å². The van der Waals surface area contributed by atoms with E-state index < -0.39 is 0 Å². The highest BCUT2D eigenvalue weighted by molar-refractivity contribution is 4.55. The summed E-state index contributed by atoms with van der Waals surface area (Å²) in [6.45, 7) is 6.25. The Labute approximate surface area is 44.3 Å². The van der Waals surface area contributed by atoms with Gasteiger partial charge in [-0.1, -0.05) is 13.8 Å². The van der Waals surface area contributed by atoms with Crippen molar-refractivity contribution in [2.24, 2.45) is 11.7 Å². The summed E-state index contributed by atoms with van der Waals surface area (Å²) in [6.07, 6.45) is 0. The molecule has 0 aliphatic carbocycles. The summed E-state index contributed by atoms with van der Waals surface area (Å²) in [5.41, 5.74) is 5.44. The van der Waals surface area contributed by atoms with Crippen LogP contribution in [-0.4, -0.2) is 6.04 Å². The van der Waals surface area contributed by atoms with Gasteiger partial charge >= 0.3 is 0 Å². The maximum atomic E-state index is 5.44. The minimum absolute atomic E-state index is 0. The number of nitrogens with two attached hydrogens (primary N) is 1. The summed E-state index contributed by atoms with van der Waals surface area (Å²) in [5, 5.41) is 0. The van der Waals surface area contributed by atoms with Crippen LogP contribution in [0.5, 0.6) is 0 Å². The van der Waals surface area contributed by atoms with Crippen LogP contribution in [0.2, 0.25) is 0 Å². The summed E-state index contributed by atoms with van der Waals surface area (Å²) in [4.78, 5) is 0. The van der Waals surface area contributed by atoms with Gasteiger partial charge in [0, 0.05) is 6.04 Å². The molecule has 0 aliphatic rings. The summed E-state index contributed by atoms with van der Waals surface area (Å²) < 4.78 is 0. The summed E-state index contributed by atoms with van der Waals surface area (Å²) in [5.74, 6) is 0.630. The van der Waals surface area contributed by atoms with Gasteiger partial charge in [0.15, 0.2) is 0 Å². The van der Waals surface area contributed by atoms with Crippen LogP contribution in [0.15, 0.2) is 0 Å². The average Bonchev–Trinajstić information content (AvgIpc) is 1.36. The number of hydrogen-bond acceptors (Lipinski definition) is 1. The lowest BCUT2D eigenvalue weighted by Crippen LogP contribution is -2.21. The largest absolute Gasteiger partial charge is 0.328 e. The van der Waals surface area contributed by atoms with E-state index in [1.54, 1.807) is 0 Å². The van der Waals surface area contributed by atoms with Crippen molar-refractivity contribution in [1.29, 1.82) is 0 Å². The van der Waals surface area contributed by atoms with E-state index in [2.05, 4.69) is 13.8 Å². The molecule has 46 valence electrons. The first kappa shape index (κ1) is 10.00. The number of halogens is 1. The zero-order valence-corrected chi connectivity index (χ0v) is 5.14. The van der Waals surface area contributed by atoms with Gasteiger partial charge in [0.05, 0.1) is 0 Å². The van der Waals surface area contributed by atoms with E-state index >= 15 is 0 Å². The van der Waals surface area contributed by atoms with Crippen LogP contribution in [0.4, 0.5) is 4.70 Å². The molecule has 0 aromatic heterocycles. The van der Waals surface area contributed by atoms with Crippen LogP contribution < -0.4 is 5.73 Å². The van der Waals surface area contributed by atoms with Crippen molar-refractivity contribution < 1.29 is 4.70 Å². The molecule has 0 fully saturated rings. The molecular formula is C5H14FN. The molecule has 0 heterocycles. The Morgan fingerprint density at radius 1 is 1.14 bits per heavy atom. The number of hydrogen-bond donors (Lipinski definition) is 1. The summed E-state index contributed by atoms with van der Waals surface area (Å²) in [7, 11) is 0. The van der Waals surface area contributed by atoms with E-state index in [1.807, 2.05) is 6.92 Å². The molecule has 1 unspecified atom stereocenters. The normalized spacial score (nSPS) is 13.3. The molecular weight excluding hydrogens is 93.1 g/mol. The average molecular weight is 107 g/mol. The van der Waals surface area contributed by atoms with Crippen molar-refractivity contribution in [3.8, 4) is 0 Å². The van der Waals surface area contributed by atoms with Crippen LogP contribution >= 0.6 is 0 Å². The van der Waals surface area contributed by atoms with Gasteiger partial charge < -0.3 is 5.73 Å². The fraction of sp³-hybridized carbons (Fsp3) is 1.00. The number of rotatable bonds is 1. The van der Waals surface area contributed by atoms with Gasteiger partial charge in [-0.05, 0) is 12.8 Å². The predicted molar refractivity (Wildman–Crippen MR) is 31.0 cm³/mol. The molecule has 0 saturated heterocycles. The zero-order chi connectivity index (χ0) is 5.15. The lowest BCUT2D eigenvalue weighted by Gasteiger charge is -2.05. The Kier molecular flexibility index (Phi) is 5.80. The SMILES string of the molecule is CC(C)C(C)N.F. The molecule has 0 rings (SSSR count). The van der Waals surface area contributed by atoms with E-state index in [0.717, 1.165) is 0 Å². The van der Waals surface area contributed by atoms with E-state index in [1.165, 1.54) is 0 Å². The van der Waals surface area contributed by atoms with Gasteiger partial charge in [-0.15, -0.1) is 0 Å². The second-order valence-corrected chi connectivity index (χ2v) is 2.10. The Morgan fingerprint density at radius 3 is 1.29 bits per heavy atom. The van der Waals surface area contributed by atoms with Crippen LogP contribution in [-0.2, 0) is 0 Å². The molecule has 0 bridgehead atoms. The van der Waals surface area contributed by atoms with Crippen LogP contribution in [0.1, 0.15) is 20.8 Å². The molecule has 0 amide bonds. The Morgan fingerprint density at radius 2 is 1.29 bits per heavy atom. The van der Waals surface area contributed by atoms with Gasteiger partial charge in [0.25, 0.3) is 0 Å². The van der Waals surface area contributed by atoms with Crippen molar-refractivity contribution in [3.63, 3.8) is 0 Å². The first-order chi connectivity index (χ1) is 2.64. The van der Waals surface area contributed by atoms with Crippen molar-refractivity contribution in [2.45, 2.75) is 26.8 Å². The quantitative estimate of drug-likeness (QED) is 0.534. The monoisotopic (exact) mass is 107 g/mol. The molecule has 2 N–H and O–H groups in total. The lowest BCUT2D eigenvalue weighted by molar-refractivity contribution is 0.529. The lowest BCUT2D eigenvalue weighted by atomic mass is 10.1. The second-order valence-electron chi connectivity index (χ2n) is 2.10. The highest BCUT2D eigenvalue weighted by Crippen LogP contribution is 1.93. The van der Waals surface area contributed by atoms with Gasteiger partial charge in [-0.2, -0.15) is 0 Å². The molecule has 1 nitrogen and oxygen atoms in total. The third-order valence-corrected chi connectivity index (χ3v) is 1.05. The van der Waals surface area contributed by atoms with Gasteiger partial charge in [0.2, 0.25) is 0 Å². The van der Waals surface area contributed by atoms with Crippen LogP contribution in [0.3, 0.4) is 0 Å². The maximum Gasteiger partial charge on any atom is 0.00334 e. The highest BCUT2D eigenvalue weighted by Gasteiger charge is 1.95. The fourth-order valence-corrected chi connectivity index (χ4v) is 0. The molecule has 0 saturated carbocycles. The predicted octanol–water partition coefficient (Wildman–Crippen LogP) is 1.14. The van der Waals surface area contributed by atoms with Crippen LogP contribution in [0, 0.1) is 5.92 Å². The van der Waals surface area contributed by atoms with Crippen molar-refractivity contribution >= 4 is 0 Å². The Balaban J connectivity index is 0. The van der Waals surface area contributed by atoms with Crippen LogP contribution in [0.25, 0.3) is 0 Å². The molecule has 0 aromatic carbocycles. The standard InChI is InChI=1S/C5H13N.FH/c1-4(2)5(3)6;/h4-5H,6H2,1-3H3;1H. The first-order valence-electron chi connectivity index (χ1n) is 2.40. The molecule has 0 aliphatic heterocycles. The summed E-state index contributed by atoms with van der Waals surface area (Å²) in [6, 6.07) is 0.352. The second kappa shape index (κ2) is 4.06. The van der Waals surface area contributed by atoms with Gasteiger partial charge in [-0.3, -0.25) is 4.70 Å². The van der Waals surface area contributed by atoms with Gasteiger partial charge in [0.1, 0.15) is 0 Å². The molecule has 1 atom stereocenters. The zero-order valence-electron chi connectivity index (χ0n) is 5.14. The van der Waals surface area contributed by atoms with Crippen molar-refractivity contribution in [3.05, 3.63) is 0 Å². The summed E-state index contributed by atoms with van der Waals surface area (Å²) >= 11 is 0. The first-order valence-corrected chi connectivity index (χ1v) is 2.40. The smallest absolute Gasteiger partial charge is 0.00334 e. The third kappa shape index (κ3) is 5.89. The van der Waals surface area contributed by atoms with E-state index in [9.17, 15) is 0 Å². The molecule has 2 heteroatoms.